The second kappa shape index (κ2) is 3.65. The number of nitrogens with zero attached hydrogens (tertiary/aromatic N) is 1. The van der Waals surface area contributed by atoms with E-state index >= 15 is 0 Å². The van der Waals surface area contributed by atoms with Crippen molar-refractivity contribution in [1.82, 2.24) is 4.57 Å². The van der Waals surface area contributed by atoms with Crippen LogP contribution in [0.3, 0.4) is 0 Å². The van der Waals surface area contributed by atoms with Gasteiger partial charge in [-0.25, -0.2) is 0 Å². The number of rotatable bonds is 1. The van der Waals surface area contributed by atoms with E-state index in [4.69, 9.17) is 0 Å². The van der Waals surface area contributed by atoms with E-state index in [1.54, 1.807) is 6.07 Å². The second-order valence-corrected chi connectivity index (χ2v) is 5.02. The van der Waals surface area contributed by atoms with Crippen molar-refractivity contribution in [3.63, 3.8) is 0 Å². The summed E-state index contributed by atoms with van der Waals surface area (Å²) in [5, 5.41) is 19.8. The Bertz CT molecular complexity index is 511. The summed E-state index contributed by atoms with van der Waals surface area (Å²) in [4.78, 5) is 0. The Hall–Kier alpha value is -1.26. The molecular formula is C12H16BNO2. The molecule has 0 saturated carbocycles. The van der Waals surface area contributed by atoms with E-state index in [9.17, 15) is 10.0 Å². The molecule has 0 bridgehead atoms. The molecule has 3 nitrogen and oxygen atoms in total. The van der Waals surface area contributed by atoms with Crippen molar-refractivity contribution in [1.29, 1.82) is 0 Å². The van der Waals surface area contributed by atoms with Gasteiger partial charge in [0.1, 0.15) is 0 Å². The van der Waals surface area contributed by atoms with Crippen molar-refractivity contribution in [2.45, 2.75) is 26.3 Å². The molecule has 2 aromatic rings. The predicted octanol–water partition coefficient (Wildman–Crippen LogP) is 1.08. The molecule has 84 valence electrons. The highest BCUT2D eigenvalue weighted by atomic mass is 16.4. The highest BCUT2D eigenvalue weighted by Gasteiger charge is 2.21. The molecule has 1 heterocycles. The lowest BCUT2D eigenvalue weighted by atomic mass is 9.79. The van der Waals surface area contributed by atoms with Crippen molar-refractivity contribution >= 4 is 23.5 Å². The first-order valence-electron chi connectivity index (χ1n) is 5.38. The highest BCUT2D eigenvalue weighted by molar-refractivity contribution is 6.61. The molecule has 0 fully saturated rings. The number of fused-ring (bicyclic) bond motifs is 1. The lowest BCUT2D eigenvalue weighted by Gasteiger charge is -2.23. The largest absolute Gasteiger partial charge is 0.490 e. The minimum atomic E-state index is -1.43. The molecule has 4 heteroatoms. The summed E-state index contributed by atoms with van der Waals surface area (Å²) in [5.74, 6) is 0. The summed E-state index contributed by atoms with van der Waals surface area (Å²) in [6, 6.07) is 7.55. The average Bonchev–Trinajstić information content (AvgIpc) is 2.59. The van der Waals surface area contributed by atoms with Gasteiger partial charge in [-0.3, -0.25) is 0 Å². The molecule has 0 spiro atoms. The van der Waals surface area contributed by atoms with Crippen LogP contribution >= 0.6 is 0 Å². The molecule has 2 N–H and O–H groups in total. The minimum absolute atomic E-state index is 0.0766. The zero-order valence-corrected chi connectivity index (χ0v) is 9.81. The van der Waals surface area contributed by atoms with Gasteiger partial charge >= 0.3 is 7.12 Å². The Labute approximate surface area is 95.5 Å². The van der Waals surface area contributed by atoms with Crippen LogP contribution in [0.2, 0.25) is 0 Å². The number of hydrogen-bond donors (Lipinski definition) is 2. The van der Waals surface area contributed by atoms with Crippen molar-refractivity contribution in [3.8, 4) is 0 Å². The van der Waals surface area contributed by atoms with Gasteiger partial charge in [0, 0.05) is 22.7 Å². The normalized spacial score (nSPS) is 12.1. The van der Waals surface area contributed by atoms with Crippen molar-refractivity contribution in [2.75, 3.05) is 0 Å². The lowest BCUT2D eigenvalue weighted by molar-refractivity contribution is 0.409. The van der Waals surface area contributed by atoms with Crippen LogP contribution in [-0.2, 0) is 5.54 Å². The van der Waals surface area contributed by atoms with Gasteiger partial charge < -0.3 is 14.6 Å². The SMILES string of the molecule is CC(C)(C)n1ccc2cccc(B(O)O)c21. The molecule has 0 aliphatic heterocycles. The standard InChI is InChI=1S/C12H16BNO2/c1-12(2,3)14-8-7-9-5-4-6-10(11(9)14)13(15)16/h4-8,15-16H,1-3H3. The van der Waals surface area contributed by atoms with E-state index in [0.29, 0.717) is 5.46 Å². The van der Waals surface area contributed by atoms with Crippen molar-refractivity contribution in [2.24, 2.45) is 0 Å². The maximum absolute atomic E-state index is 9.37. The van der Waals surface area contributed by atoms with E-state index in [1.165, 1.54) is 0 Å². The molecule has 0 unspecified atom stereocenters. The lowest BCUT2D eigenvalue weighted by Crippen LogP contribution is -2.33. The van der Waals surface area contributed by atoms with Crippen molar-refractivity contribution in [3.05, 3.63) is 30.5 Å². The summed E-state index contributed by atoms with van der Waals surface area (Å²) >= 11 is 0. The Balaban J connectivity index is 2.78. The monoisotopic (exact) mass is 217 g/mol. The topological polar surface area (TPSA) is 45.4 Å². The van der Waals surface area contributed by atoms with Gasteiger partial charge in [0.25, 0.3) is 0 Å². The van der Waals surface area contributed by atoms with Gasteiger partial charge in [0.15, 0.2) is 0 Å². The molecule has 0 atom stereocenters. The van der Waals surface area contributed by atoms with E-state index < -0.39 is 7.12 Å². The molecule has 0 amide bonds. The number of hydrogen-bond acceptors (Lipinski definition) is 2. The van der Waals surface area contributed by atoms with Gasteiger partial charge in [-0.1, -0.05) is 18.2 Å². The maximum Gasteiger partial charge on any atom is 0.490 e. The van der Waals surface area contributed by atoms with E-state index in [1.807, 2.05) is 24.4 Å². The first-order valence-corrected chi connectivity index (χ1v) is 5.38. The molecular weight excluding hydrogens is 201 g/mol. The molecule has 1 aromatic heterocycles. The Morgan fingerprint density at radius 3 is 2.38 bits per heavy atom. The van der Waals surface area contributed by atoms with Gasteiger partial charge in [-0.2, -0.15) is 0 Å². The van der Waals surface area contributed by atoms with E-state index in [2.05, 4.69) is 25.3 Å². The van der Waals surface area contributed by atoms with Crippen LogP contribution in [0.5, 0.6) is 0 Å². The third kappa shape index (κ3) is 1.74. The number of benzene rings is 1. The summed E-state index contributed by atoms with van der Waals surface area (Å²) in [7, 11) is -1.43. The molecule has 0 saturated heterocycles. The summed E-state index contributed by atoms with van der Waals surface area (Å²) in [6.07, 6.45) is 1.98. The number of aromatic nitrogens is 1. The van der Waals surface area contributed by atoms with Crippen LogP contribution < -0.4 is 5.46 Å². The maximum atomic E-state index is 9.37. The predicted molar refractivity (Wildman–Crippen MR) is 66.8 cm³/mol. The molecule has 16 heavy (non-hydrogen) atoms. The van der Waals surface area contributed by atoms with Crippen LogP contribution in [0.15, 0.2) is 30.5 Å². The van der Waals surface area contributed by atoms with Crippen LogP contribution in [0.1, 0.15) is 20.8 Å². The summed E-state index contributed by atoms with van der Waals surface area (Å²) in [6.45, 7) is 6.27. The van der Waals surface area contributed by atoms with Crippen molar-refractivity contribution < 1.29 is 10.0 Å². The zero-order valence-electron chi connectivity index (χ0n) is 9.81. The van der Waals surface area contributed by atoms with E-state index in [-0.39, 0.29) is 5.54 Å². The fourth-order valence-electron chi connectivity index (χ4n) is 1.99. The van der Waals surface area contributed by atoms with Crippen LogP contribution in [0.25, 0.3) is 10.9 Å². The van der Waals surface area contributed by atoms with Gasteiger partial charge in [-0.05, 0) is 32.2 Å². The van der Waals surface area contributed by atoms with Crippen LogP contribution in [-0.4, -0.2) is 21.7 Å². The molecule has 2 rings (SSSR count). The van der Waals surface area contributed by atoms with Gasteiger partial charge in [0.05, 0.1) is 0 Å². The van der Waals surface area contributed by atoms with Gasteiger partial charge in [0.2, 0.25) is 0 Å². The third-order valence-corrected chi connectivity index (χ3v) is 2.74. The quantitative estimate of drug-likeness (QED) is 0.702. The van der Waals surface area contributed by atoms with E-state index in [0.717, 1.165) is 10.9 Å². The minimum Gasteiger partial charge on any atom is -0.423 e. The second-order valence-electron chi connectivity index (χ2n) is 5.02. The summed E-state index contributed by atoms with van der Waals surface area (Å²) in [5.41, 5.74) is 1.37. The molecule has 1 aromatic carbocycles. The first-order chi connectivity index (χ1) is 7.41. The Kier molecular flexibility index (Phi) is 2.56. The highest BCUT2D eigenvalue weighted by Crippen LogP contribution is 2.22. The fourth-order valence-corrected chi connectivity index (χ4v) is 1.99. The Morgan fingerprint density at radius 2 is 1.81 bits per heavy atom. The van der Waals surface area contributed by atoms with Gasteiger partial charge in [-0.15, -0.1) is 0 Å². The molecule has 0 radical (unpaired) electrons. The molecule has 0 aliphatic rings. The third-order valence-electron chi connectivity index (χ3n) is 2.74. The van der Waals surface area contributed by atoms with Crippen LogP contribution in [0.4, 0.5) is 0 Å². The first kappa shape index (κ1) is 11.2. The van der Waals surface area contributed by atoms with Crippen LogP contribution in [0, 0.1) is 0 Å². The zero-order chi connectivity index (χ0) is 11.9. The fraction of sp³-hybridized carbons (Fsp3) is 0.333. The Morgan fingerprint density at radius 1 is 1.12 bits per heavy atom. The smallest absolute Gasteiger partial charge is 0.423 e. The molecule has 0 aliphatic carbocycles. The average molecular weight is 217 g/mol. The summed E-state index contributed by atoms with van der Waals surface area (Å²) < 4.78 is 2.07. The number of para-hydroxylation sites is 1.